The fourth-order valence-corrected chi connectivity index (χ4v) is 6.06. The number of amides is 2. The zero-order valence-corrected chi connectivity index (χ0v) is 17.8. The van der Waals surface area contributed by atoms with Crippen LogP contribution in [0.3, 0.4) is 0 Å². The summed E-state index contributed by atoms with van der Waals surface area (Å²) in [5.41, 5.74) is 1.88. The van der Waals surface area contributed by atoms with E-state index < -0.39 is 0 Å². The summed E-state index contributed by atoms with van der Waals surface area (Å²) in [7, 11) is 0. The van der Waals surface area contributed by atoms with E-state index in [0.29, 0.717) is 18.4 Å². The first kappa shape index (κ1) is 19.9. The number of benzene rings is 1. The number of likely N-dealkylation sites (tertiary alicyclic amines) is 1. The summed E-state index contributed by atoms with van der Waals surface area (Å²) in [6.45, 7) is 3.45. The fourth-order valence-electron chi connectivity index (χ4n) is 6.06. The summed E-state index contributed by atoms with van der Waals surface area (Å²) in [6.07, 6.45) is 7.87. The summed E-state index contributed by atoms with van der Waals surface area (Å²) < 4.78 is 0. The van der Waals surface area contributed by atoms with Crippen LogP contribution < -0.4 is 9.80 Å². The van der Waals surface area contributed by atoms with Gasteiger partial charge in [0.05, 0.1) is 11.5 Å². The zero-order chi connectivity index (χ0) is 20.7. The average Bonchev–Trinajstić information content (AvgIpc) is 3.33. The van der Waals surface area contributed by atoms with Crippen molar-refractivity contribution in [3.8, 4) is 0 Å². The Morgan fingerprint density at radius 2 is 1.60 bits per heavy atom. The van der Waals surface area contributed by atoms with Crippen molar-refractivity contribution in [2.45, 2.75) is 69.9 Å². The standard InChI is InChI=1S/C24H33N3O3/c28-21-10-8-20(9-11-21)27-16-13-24(23(27)30)12-2-14-25(17-24)18-4-6-19(7-5-18)26-15-1-3-22(26)29/h4-7,20-21,28H,1-3,8-17H2/t20?,21?,24-/m0/s1. The second-order valence-electron chi connectivity index (χ2n) is 9.68. The summed E-state index contributed by atoms with van der Waals surface area (Å²) in [4.78, 5) is 31.9. The summed E-state index contributed by atoms with van der Waals surface area (Å²) in [6, 6.07) is 8.64. The Hall–Kier alpha value is -2.08. The number of hydrogen-bond donors (Lipinski definition) is 1. The van der Waals surface area contributed by atoms with Gasteiger partial charge in [0, 0.05) is 50.0 Å². The Morgan fingerprint density at radius 1 is 0.867 bits per heavy atom. The third-order valence-corrected chi connectivity index (χ3v) is 7.83. The molecule has 1 aromatic carbocycles. The van der Waals surface area contributed by atoms with E-state index in [1.807, 2.05) is 4.90 Å². The minimum Gasteiger partial charge on any atom is -0.393 e. The highest BCUT2D eigenvalue weighted by atomic mass is 16.3. The van der Waals surface area contributed by atoms with Crippen molar-refractivity contribution >= 4 is 23.2 Å². The third-order valence-electron chi connectivity index (χ3n) is 7.83. The molecular weight excluding hydrogens is 378 g/mol. The highest BCUT2D eigenvalue weighted by molar-refractivity contribution is 5.95. The van der Waals surface area contributed by atoms with Crippen LogP contribution in [0.1, 0.15) is 57.8 Å². The molecule has 0 bridgehead atoms. The van der Waals surface area contributed by atoms with Gasteiger partial charge in [-0.15, -0.1) is 0 Å². The van der Waals surface area contributed by atoms with Crippen LogP contribution in [-0.4, -0.2) is 60.1 Å². The van der Waals surface area contributed by atoms with Crippen molar-refractivity contribution in [3.05, 3.63) is 24.3 Å². The number of aliphatic hydroxyl groups is 1. The van der Waals surface area contributed by atoms with Gasteiger partial charge in [-0.1, -0.05) is 0 Å². The topological polar surface area (TPSA) is 64.1 Å². The highest BCUT2D eigenvalue weighted by Crippen LogP contribution is 2.43. The van der Waals surface area contributed by atoms with Crippen LogP contribution in [0.15, 0.2) is 24.3 Å². The maximum absolute atomic E-state index is 13.5. The van der Waals surface area contributed by atoms with Gasteiger partial charge in [0.15, 0.2) is 0 Å². The van der Waals surface area contributed by atoms with Gasteiger partial charge in [-0.3, -0.25) is 9.59 Å². The molecule has 3 heterocycles. The summed E-state index contributed by atoms with van der Waals surface area (Å²) in [5, 5.41) is 9.81. The monoisotopic (exact) mass is 411 g/mol. The van der Waals surface area contributed by atoms with Crippen LogP contribution in [0, 0.1) is 5.41 Å². The number of anilines is 2. The molecule has 4 fully saturated rings. The van der Waals surface area contributed by atoms with Gasteiger partial charge >= 0.3 is 0 Å². The van der Waals surface area contributed by atoms with Crippen molar-refractivity contribution in [2.75, 3.05) is 36.0 Å². The SMILES string of the molecule is O=C1CCCN1c1ccc(N2CCC[C@]3(CCN(C4CCC(O)CC4)C3=O)C2)cc1. The molecule has 1 spiro atoms. The lowest BCUT2D eigenvalue weighted by Crippen LogP contribution is -2.50. The Morgan fingerprint density at radius 3 is 2.30 bits per heavy atom. The third kappa shape index (κ3) is 3.49. The molecule has 6 heteroatoms. The lowest BCUT2D eigenvalue weighted by molar-refractivity contribution is -0.139. The second kappa shape index (κ2) is 7.88. The van der Waals surface area contributed by atoms with E-state index in [4.69, 9.17) is 0 Å². The first-order valence-corrected chi connectivity index (χ1v) is 11.7. The number of carbonyl (C=O) groups excluding carboxylic acids is 2. The molecule has 3 saturated heterocycles. The van der Waals surface area contributed by atoms with Crippen LogP contribution in [0.25, 0.3) is 0 Å². The lowest BCUT2D eigenvalue weighted by Gasteiger charge is -2.41. The minimum atomic E-state index is -0.252. The Kier molecular flexibility index (Phi) is 5.21. The van der Waals surface area contributed by atoms with Crippen LogP contribution in [0.2, 0.25) is 0 Å². The fraction of sp³-hybridized carbons (Fsp3) is 0.667. The number of aliphatic hydroxyl groups excluding tert-OH is 1. The first-order chi connectivity index (χ1) is 14.6. The van der Waals surface area contributed by atoms with Crippen LogP contribution in [-0.2, 0) is 9.59 Å². The van der Waals surface area contributed by atoms with Crippen molar-refractivity contribution in [1.82, 2.24) is 4.90 Å². The maximum atomic E-state index is 13.5. The molecule has 0 unspecified atom stereocenters. The predicted octanol–water partition coefficient (Wildman–Crippen LogP) is 2.94. The van der Waals surface area contributed by atoms with E-state index in [2.05, 4.69) is 34.1 Å². The van der Waals surface area contributed by atoms with Gasteiger partial charge in [-0.25, -0.2) is 0 Å². The largest absolute Gasteiger partial charge is 0.393 e. The molecule has 0 radical (unpaired) electrons. The Bertz CT molecular complexity index is 802. The quantitative estimate of drug-likeness (QED) is 0.831. The van der Waals surface area contributed by atoms with E-state index in [9.17, 15) is 14.7 Å². The molecular formula is C24H33N3O3. The van der Waals surface area contributed by atoms with Gasteiger partial charge in [0.2, 0.25) is 11.8 Å². The number of hydrogen-bond acceptors (Lipinski definition) is 4. The van der Waals surface area contributed by atoms with Crippen molar-refractivity contribution in [3.63, 3.8) is 0 Å². The molecule has 0 aromatic heterocycles. The minimum absolute atomic E-state index is 0.183. The van der Waals surface area contributed by atoms with Crippen LogP contribution in [0.4, 0.5) is 11.4 Å². The molecule has 3 aliphatic heterocycles. The lowest BCUT2D eigenvalue weighted by atomic mass is 9.78. The molecule has 1 aliphatic carbocycles. The van der Waals surface area contributed by atoms with Crippen LogP contribution >= 0.6 is 0 Å². The number of piperidine rings is 1. The Balaban J connectivity index is 1.28. The number of carbonyl (C=O) groups is 2. The molecule has 30 heavy (non-hydrogen) atoms. The van der Waals surface area contributed by atoms with Crippen LogP contribution in [0.5, 0.6) is 0 Å². The molecule has 2 amide bonds. The van der Waals surface area contributed by atoms with E-state index in [1.54, 1.807) is 0 Å². The van der Waals surface area contributed by atoms with Crippen molar-refractivity contribution < 1.29 is 14.7 Å². The molecule has 1 N–H and O–H groups in total. The molecule has 162 valence electrons. The average molecular weight is 412 g/mol. The van der Waals surface area contributed by atoms with E-state index >= 15 is 0 Å². The predicted molar refractivity (Wildman–Crippen MR) is 117 cm³/mol. The highest BCUT2D eigenvalue weighted by Gasteiger charge is 2.50. The first-order valence-electron chi connectivity index (χ1n) is 11.7. The molecule has 1 aromatic rings. The Labute approximate surface area is 178 Å². The van der Waals surface area contributed by atoms with Gasteiger partial charge in [-0.05, 0) is 75.6 Å². The molecule has 4 aliphatic rings. The maximum Gasteiger partial charge on any atom is 0.230 e. The van der Waals surface area contributed by atoms with E-state index in [-0.39, 0.29) is 17.4 Å². The molecule has 6 nitrogen and oxygen atoms in total. The van der Waals surface area contributed by atoms with E-state index in [0.717, 1.165) is 88.9 Å². The van der Waals surface area contributed by atoms with Crippen molar-refractivity contribution in [2.24, 2.45) is 5.41 Å². The number of nitrogens with zero attached hydrogens (tertiary/aromatic N) is 3. The van der Waals surface area contributed by atoms with Gasteiger partial charge in [-0.2, -0.15) is 0 Å². The number of rotatable bonds is 3. The zero-order valence-electron chi connectivity index (χ0n) is 17.8. The van der Waals surface area contributed by atoms with Gasteiger partial charge in [0.1, 0.15) is 0 Å². The summed E-state index contributed by atoms with van der Waals surface area (Å²) >= 11 is 0. The molecule has 5 rings (SSSR count). The second-order valence-corrected chi connectivity index (χ2v) is 9.68. The normalized spacial score (nSPS) is 32.5. The van der Waals surface area contributed by atoms with Crippen molar-refractivity contribution in [1.29, 1.82) is 0 Å². The summed E-state index contributed by atoms with van der Waals surface area (Å²) in [5.74, 6) is 0.555. The van der Waals surface area contributed by atoms with Gasteiger partial charge in [0.25, 0.3) is 0 Å². The van der Waals surface area contributed by atoms with E-state index in [1.165, 1.54) is 0 Å². The van der Waals surface area contributed by atoms with Gasteiger partial charge < -0.3 is 19.8 Å². The smallest absolute Gasteiger partial charge is 0.230 e. The molecule has 1 atom stereocenters. The molecule has 1 saturated carbocycles.